The molecule has 0 bridgehead atoms. The lowest BCUT2D eigenvalue weighted by molar-refractivity contribution is 0.181. The SMILES string of the molecule is O=C(NCCN1CCc2ccccc21)Nc1cccc(N2CCOC2=O)c1. The van der Waals surface area contributed by atoms with Gasteiger partial charge in [0.1, 0.15) is 6.61 Å². The summed E-state index contributed by atoms with van der Waals surface area (Å²) in [7, 11) is 0. The Hall–Kier alpha value is -3.22. The number of carbonyl (C=O) groups is 2. The molecular weight excluding hydrogens is 344 g/mol. The molecule has 0 spiro atoms. The number of amides is 3. The summed E-state index contributed by atoms with van der Waals surface area (Å²) in [6, 6.07) is 15.3. The van der Waals surface area contributed by atoms with Gasteiger partial charge in [0.15, 0.2) is 0 Å². The summed E-state index contributed by atoms with van der Waals surface area (Å²) in [5.74, 6) is 0. The third-order valence-electron chi connectivity index (χ3n) is 4.83. The summed E-state index contributed by atoms with van der Waals surface area (Å²) in [4.78, 5) is 27.7. The van der Waals surface area contributed by atoms with Crippen molar-refractivity contribution in [3.63, 3.8) is 0 Å². The van der Waals surface area contributed by atoms with E-state index >= 15 is 0 Å². The highest BCUT2D eigenvalue weighted by molar-refractivity contribution is 5.93. The first kappa shape index (κ1) is 17.2. The van der Waals surface area contributed by atoms with Crippen LogP contribution in [-0.2, 0) is 11.2 Å². The molecule has 0 aromatic heterocycles. The molecular formula is C20H22N4O3. The van der Waals surface area contributed by atoms with Gasteiger partial charge in [0.2, 0.25) is 0 Å². The molecule has 0 aliphatic carbocycles. The second-order valence-electron chi connectivity index (χ2n) is 6.56. The van der Waals surface area contributed by atoms with E-state index in [-0.39, 0.29) is 12.1 Å². The zero-order valence-electron chi connectivity index (χ0n) is 15.0. The topological polar surface area (TPSA) is 73.9 Å². The third kappa shape index (κ3) is 3.81. The van der Waals surface area contributed by atoms with Crippen molar-refractivity contribution in [1.29, 1.82) is 0 Å². The Morgan fingerprint density at radius 1 is 1.11 bits per heavy atom. The lowest BCUT2D eigenvalue weighted by Gasteiger charge is -2.19. The summed E-state index contributed by atoms with van der Waals surface area (Å²) in [6.45, 7) is 3.21. The number of cyclic esters (lactones) is 1. The molecule has 27 heavy (non-hydrogen) atoms. The first-order chi connectivity index (χ1) is 13.2. The molecule has 140 valence electrons. The summed E-state index contributed by atoms with van der Waals surface area (Å²) >= 11 is 0. The van der Waals surface area contributed by atoms with Crippen LogP contribution in [0, 0.1) is 0 Å². The van der Waals surface area contributed by atoms with Crippen molar-refractivity contribution >= 4 is 29.2 Å². The molecule has 7 heteroatoms. The molecule has 2 heterocycles. The number of anilines is 3. The number of hydrogen-bond acceptors (Lipinski definition) is 4. The number of benzene rings is 2. The van der Waals surface area contributed by atoms with Gasteiger partial charge in [-0.2, -0.15) is 0 Å². The molecule has 2 N–H and O–H groups in total. The molecule has 0 saturated carbocycles. The van der Waals surface area contributed by atoms with Crippen LogP contribution in [0.5, 0.6) is 0 Å². The van der Waals surface area contributed by atoms with E-state index in [0.717, 1.165) is 19.5 Å². The molecule has 4 rings (SSSR count). The number of carbonyl (C=O) groups excluding carboxylic acids is 2. The van der Waals surface area contributed by atoms with E-state index in [2.05, 4.69) is 33.7 Å². The maximum atomic E-state index is 12.2. The molecule has 2 aliphatic heterocycles. The van der Waals surface area contributed by atoms with Crippen LogP contribution in [0.3, 0.4) is 0 Å². The Labute approximate surface area is 157 Å². The highest BCUT2D eigenvalue weighted by Gasteiger charge is 2.23. The normalized spacial score (nSPS) is 15.5. The Bertz CT molecular complexity index is 855. The average molecular weight is 366 g/mol. The van der Waals surface area contributed by atoms with Crippen LogP contribution in [0.15, 0.2) is 48.5 Å². The van der Waals surface area contributed by atoms with Crippen molar-refractivity contribution in [1.82, 2.24) is 5.32 Å². The van der Waals surface area contributed by atoms with E-state index in [1.165, 1.54) is 11.3 Å². The van der Waals surface area contributed by atoms with E-state index in [9.17, 15) is 9.59 Å². The summed E-state index contributed by atoms with van der Waals surface area (Å²) in [5.41, 5.74) is 3.96. The number of rotatable bonds is 5. The lowest BCUT2D eigenvalue weighted by Crippen LogP contribution is -2.36. The highest BCUT2D eigenvalue weighted by Crippen LogP contribution is 2.26. The Morgan fingerprint density at radius 2 is 2.00 bits per heavy atom. The second-order valence-corrected chi connectivity index (χ2v) is 6.56. The summed E-state index contributed by atoms with van der Waals surface area (Å²) in [6.07, 6.45) is 0.691. The number of nitrogens with one attached hydrogen (secondary N) is 2. The first-order valence-electron chi connectivity index (χ1n) is 9.13. The van der Waals surface area contributed by atoms with Crippen LogP contribution < -0.4 is 20.4 Å². The molecule has 0 unspecified atom stereocenters. The van der Waals surface area contributed by atoms with Gasteiger partial charge in [-0.3, -0.25) is 4.90 Å². The maximum absolute atomic E-state index is 12.2. The van der Waals surface area contributed by atoms with Gasteiger partial charge in [-0.1, -0.05) is 24.3 Å². The minimum Gasteiger partial charge on any atom is -0.447 e. The number of fused-ring (bicyclic) bond motifs is 1. The summed E-state index contributed by atoms with van der Waals surface area (Å²) in [5, 5.41) is 5.71. The third-order valence-corrected chi connectivity index (χ3v) is 4.83. The van der Waals surface area contributed by atoms with Crippen molar-refractivity contribution in [2.75, 3.05) is 47.9 Å². The predicted molar refractivity (Wildman–Crippen MR) is 105 cm³/mol. The number of nitrogens with zero attached hydrogens (tertiary/aromatic N) is 2. The van der Waals surface area contributed by atoms with E-state index in [1.54, 1.807) is 23.1 Å². The van der Waals surface area contributed by atoms with Crippen molar-refractivity contribution in [2.45, 2.75) is 6.42 Å². The van der Waals surface area contributed by atoms with Crippen molar-refractivity contribution < 1.29 is 14.3 Å². The molecule has 2 aromatic rings. The fraction of sp³-hybridized carbons (Fsp3) is 0.300. The number of urea groups is 1. The van der Waals surface area contributed by atoms with Crippen LogP contribution in [0.1, 0.15) is 5.56 Å². The van der Waals surface area contributed by atoms with Crippen LogP contribution in [0.2, 0.25) is 0 Å². The summed E-state index contributed by atoms with van der Waals surface area (Å²) < 4.78 is 4.95. The molecule has 1 saturated heterocycles. The Kier molecular flexibility index (Phi) is 4.82. The monoisotopic (exact) mass is 366 g/mol. The molecule has 1 fully saturated rings. The van der Waals surface area contributed by atoms with Gasteiger partial charge in [-0.15, -0.1) is 0 Å². The predicted octanol–water partition coefficient (Wildman–Crippen LogP) is 2.83. The molecule has 0 radical (unpaired) electrons. The minimum atomic E-state index is -0.359. The highest BCUT2D eigenvalue weighted by atomic mass is 16.6. The second kappa shape index (κ2) is 7.57. The molecule has 2 aliphatic rings. The standard InChI is InChI=1S/C20H22N4O3/c25-19(21-9-11-23-10-8-15-4-1-2-7-18(15)23)22-16-5-3-6-17(14-16)24-12-13-27-20(24)26/h1-7,14H,8-13H2,(H2,21,22,25). The van der Waals surface area contributed by atoms with Crippen LogP contribution in [-0.4, -0.2) is 44.9 Å². The van der Waals surface area contributed by atoms with Crippen LogP contribution >= 0.6 is 0 Å². The van der Waals surface area contributed by atoms with Crippen LogP contribution in [0.4, 0.5) is 26.7 Å². The van der Waals surface area contributed by atoms with E-state index in [1.807, 2.05) is 12.1 Å². The first-order valence-corrected chi connectivity index (χ1v) is 9.13. The fourth-order valence-corrected chi connectivity index (χ4v) is 3.50. The van der Waals surface area contributed by atoms with E-state index in [0.29, 0.717) is 31.1 Å². The van der Waals surface area contributed by atoms with Gasteiger partial charge in [0.05, 0.1) is 6.54 Å². The van der Waals surface area contributed by atoms with Gasteiger partial charge in [0, 0.05) is 36.7 Å². The van der Waals surface area contributed by atoms with Gasteiger partial charge < -0.3 is 20.3 Å². The van der Waals surface area contributed by atoms with Gasteiger partial charge in [0.25, 0.3) is 0 Å². The number of para-hydroxylation sites is 1. The largest absolute Gasteiger partial charge is 0.447 e. The molecule has 7 nitrogen and oxygen atoms in total. The van der Waals surface area contributed by atoms with Gasteiger partial charge in [-0.05, 0) is 36.2 Å². The van der Waals surface area contributed by atoms with Crippen molar-refractivity contribution in [3.05, 3.63) is 54.1 Å². The number of ether oxygens (including phenoxy) is 1. The molecule has 0 atom stereocenters. The van der Waals surface area contributed by atoms with Crippen molar-refractivity contribution in [2.24, 2.45) is 0 Å². The maximum Gasteiger partial charge on any atom is 0.414 e. The minimum absolute atomic E-state index is 0.261. The van der Waals surface area contributed by atoms with Crippen molar-refractivity contribution in [3.8, 4) is 0 Å². The smallest absolute Gasteiger partial charge is 0.414 e. The zero-order chi connectivity index (χ0) is 18.6. The quantitative estimate of drug-likeness (QED) is 0.853. The number of hydrogen-bond donors (Lipinski definition) is 2. The Balaban J connectivity index is 1.28. The average Bonchev–Trinajstić information content (AvgIpc) is 3.28. The Morgan fingerprint density at radius 3 is 2.85 bits per heavy atom. The molecule has 2 aromatic carbocycles. The van der Waals surface area contributed by atoms with E-state index in [4.69, 9.17) is 4.74 Å². The fourth-order valence-electron chi connectivity index (χ4n) is 3.50. The van der Waals surface area contributed by atoms with Gasteiger partial charge in [-0.25, -0.2) is 9.59 Å². The zero-order valence-corrected chi connectivity index (χ0v) is 15.0. The lowest BCUT2D eigenvalue weighted by atomic mass is 10.2. The van der Waals surface area contributed by atoms with E-state index < -0.39 is 0 Å². The van der Waals surface area contributed by atoms with Crippen LogP contribution in [0.25, 0.3) is 0 Å². The van der Waals surface area contributed by atoms with Gasteiger partial charge >= 0.3 is 12.1 Å². The molecule has 3 amide bonds.